The molecule has 0 radical (unpaired) electrons. The second kappa shape index (κ2) is 35.7. The van der Waals surface area contributed by atoms with E-state index in [1.165, 1.54) is 36.4 Å². The van der Waals surface area contributed by atoms with E-state index in [-0.39, 0.29) is 123 Å². The van der Waals surface area contributed by atoms with Crippen molar-refractivity contribution in [1.29, 1.82) is 0 Å². The molecule has 8 aromatic carbocycles. The number of carbonyl (C=O) groups is 8. The minimum absolute atomic E-state index is 0.0147. The van der Waals surface area contributed by atoms with Gasteiger partial charge in [0, 0.05) is 93.3 Å². The van der Waals surface area contributed by atoms with Gasteiger partial charge in [-0.25, -0.2) is 40.8 Å². The fourth-order valence-electron chi connectivity index (χ4n) is 9.36. The van der Waals surface area contributed by atoms with Crippen molar-refractivity contribution in [3.8, 4) is 11.5 Å². The highest BCUT2D eigenvalue weighted by molar-refractivity contribution is 7.95. The van der Waals surface area contributed by atoms with Crippen molar-refractivity contribution in [1.82, 2.24) is 16.0 Å². The second-order valence-corrected chi connectivity index (χ2v) is 24.3. The number of benzene rings is 8. The molecule has 1 saturated carbocycles. The van der Waals surface area contributed by atoms with Crippen LogP contribution >= 0.6 is 48.2 Å². The molecule has 1 aliphatic rings. The average molecular weight is 1470 g/mol. The summed E-state index contributed by atoms with van der Waals surface area (Å²) < 4.78 is 120. The van der Waals surface area contributed by atoms with E-state index >= 15 is 0 Å². The first-order chi connectivity index (χ1) is 46.4. The Bertz CT molecular complexity index is 4490. The second-order valence-electron chi connectivity index (χ2n) is 18.7. The van der Waals surface area contributed by atoms with Gasteiger partial charge in [-0.1, -0.05) is 49.6 Å². The topological polar surface area (TPSA) is 535 Å². The maximum atomic E-state index is 12.7. The molecule has 5 N–H and O–H groups in total. The lowest BCUT2D eigenvalue weighted by atomic mass is 9.93. The molecule has 8 aromatic rings. The molecule has 0 bridgehead atoms. The standard InChI is InChI=1S/C25H22N2O15S3.C19H16N2O11S3.C11H12O6/c1-2-21(28)36-9-10-37-24(29)26-7-8-27-25(30)38-17-11-18(43-41-39-31)14-4-5-15-19(44-42-40-32)12-20(45(33,34)35)16-6-3-13(17)22(14)23(15)16;20-5-6-21-19(22)28-13-7-14(33-31-29-23)10-2-3-11-15(34-32-30-24)8-16(35(25,26)27)12-4-1-9(13)17(10)18(11)12;1-2-9(14)16-5-6-17-11(15)10-7(12)3-4-8(10)13/h2-6,11-12,31-32H,1,7-10H2,(H,26,29)(H,27,30)(H,33,34,35);1-4,7-8,23-24H,5-6,20H2,(H,21,22)(H,25,26,27);2,10H,1,3-6H2/p-6. The van der Waals surface area contributed by atoms with Gasteiger partial charge in [-0.15, -0.1) is 0 Å². The number of ketones is 2. The van der Waals surface area contributed by atoms with E-state index in [0.717, 1.165) is 24.3 Å². The van der Waals surface area contributed by atoms with Gasteiger partial charge in [0.2, 0.25) is 0 Å². The molecule has 1 aliphatic carbocycles. The molecule has 97 heavy (non-hydrogen) atoms. The van der Waals surface area contributed by atoms with Crippen LogP contribution in [0.5, 0.6) is 11.5 Å². The number of amides is 3. The van der Waals surface area contributed by atoms with Crippen molar-refractivity contribution >= 4 is 181 Å². The van der Waals surface area contributed by atoms with Crippen LogP contribution in [0.4, 0.5) is 14.4 Å². The summed E-state index contributed by atoms with van der Waals surface area (Å²) in [7, 11) is -10.0. The molecular formula is C55H44N4O32S6-6. The van der Waals surface area contributed by atoms with Crippen molar-refractivity contribution in [2.45, 2.75) is 42.2 Å². The summed E-state index contributed by atoms with van der Waals surface area (Å²) >= 11 is 1.77. The number of nitrogens with two attached hydrogens (primary N) is 1. The third-order valence-corrected chi connectivity index (χ3v) is 17.4. The number of Topliss-reactive ketones (excluding diaryl/α,β-unsaturated/α-hetero) is 2. The van der Waals surface area contributed by atoms with E-state index in [9.17, 15) is 85.3 Å². The number of ether oxygens (including phenoxy) is 6. The first-order valence-corrected chi connectivity index (χ1v) is 32.6. The molecule has 0 heterocycles. The Labute approximate surface area is 561 Å². The van der Waals surface area contributed by atoms with Crippen LogP contribution < -0.4 is 52.2 Å². The van der Waals surface area contributed by atoms with Crippen molar-refractivity contribution < 1.29 is 151 Å². The van der Waals surface area contributed by atoms with Gasteiger partial charge in [0.05, 0.1) is 67.8 Å². The molecule has 3 amide bonds. The highest BCUT2D eigenvalue weighted by Crippen LogP contribution is 2.49. The van der Waals surface area contributed by atoms with Crippen LogP contribution in [0, 0.1) is 5.92 Å². The van der Waals surface area contributed by atoms with Gasteiger partial charge in [-0.2, -0.15) is 17.3 Å². The molecular weight excluding hydrogens is 1420 g/mol. The van der Waals surface area contributed by atoms with Crippen LogP contribution in [-0.4, -0.2) is 126 Å². The molecule has 42 heteroatoms. The van der Waals surface area contributed by atoms with Crippen LogP contribution in [0.2, 0.25) is 0 Å². The number of hydrogen-bond acceptors (Lipinski definition) is 37. The van der Waals surface area contributed by atoms with E-state index in [0.29, 0.717) is 85.9 Å². The Morgan fingerprint density at radius 2 is 0.794 bits per heavy atom. The summed E-state index contributed by atoms with van der Waals surface area (Å²) in [6.45, 7) is 5.85. The fraction of sp³-hybridized carbons (Fsp3) is 0.200. The molecule has 0 saturated heterocycles. The number of nitrogens with one attached hydrogen (secondary N) is 3. The summed E-state index contributed by atoms with van der Waals surface area (Å²) in [5.41, 5.74) is 5.39. The van der Waals surface area contributed by atoms with E-state index in [1.54, 1.807) is 24.3 Å². The Morgan fingerprint density at radius 1 is 0.474 bits per heavy atom. The Hall–Kier alpha value is -8.42. The Balaban J connectivity index is 0.000000225. The summed E-state index contributed by atoms with van der Waals surface area (Å²) in [6.07, 6.45) is -0.507. The van der Waals surface area contributed by atoms with E-state index in [2.05, 4.69) is 80.8 Å². The predicted molar refractivity (Wildman–Crippen MR) is 321 cm³/mol. The molecule has 1 fully saturated rings. The molecule has 36 nitrogen and oxygen atoms in total. The lowest BCUT2D eigenvalue weighted by Gasteiger charge is -2.20. The van der Waals surface area contributed by atoms with E-state index in [1.807, 2.05) is 0 Å². The molecule has 0 atom stereocenters. The first-order valence-electron chi connectivity index (χ1n) is 26.8. The molecule has 0 unspecified atom stereocenters. The van der Waals surface area contributed by atoms with Crippen LogP contribution in [0.1, 0.15) is 12.8 Å². The molecule has 0 aliphatic heterocycles. The van der Waals surface area contributed by atoms with Gasteiger partial charge in [0.1, 0.15) is 58.2 Å². The van der Waals surface area contributed by atoms with Gasteiger partial charge in [0.15, 0.2) is 17.5 Å². The van der Waals surface area contributed by atoms with Crippen molar-refractivity contribution in [2.75, 3.05) is 52.6 Å². The third-order valence-electron chi connectivity index (χ3n) is 13.1. The summed E-state index contributed by atoms with van der Waals surface area (Å²) in [5.74, 6) is -4.33. The first kappa shape index (κ1) is 76.0. The van der Waals surface area contributed by atoms with Gasteiger partial charge in [0.25, 0.3) is 0 Å². The van der Waals surface area contributed by atoms with E-state index in [4.69, 9.17) is 19.9 Å². The van der Waals surface area contributed by atoms with Crippen LogP contribution in [0.3, 0.4) is 0 Å². The minimum atomic E-state index is -5.05. The SMILES string of the molecule is C=CC(=O)OCCOC(=O)C1C(=O)CCC1=O.C=CC(=O)OCCOC(=O)NCCNC(=O)Oc1cc(SOO[O-])c2ccc3c(SOO[O-])cc(S(=O)(=O)[O-])c4ccc1c2c34.NCCNC(=O)Oc1cc(SOO[O-])c2ccc3c(SOO[O-])cc(S(=O)(=O)[O-])c4ccc1c2c34. The summed E-state index contributed by atoms with van der Waals surface area (Å²) in [5, 5.41) is 66.3. The predicted octanol–water partition coefficient (Wildman–Crippen LogP) is 2.30. The Morgan fingerprint density at radius 3 is 1.15 bits per heavy atom. The van der Waals surface area contributed by atoms with Gasteiger partial charge in [-0.05, 0) is 68.7 Å². The zero-order chi connectivity index (χ0) is 70.6. The normalized spacial score (nSPS) is 12.5. The summed E-state index contributed by atoms with van der Waals surface area (Å²) in [4.78, 5) is 91.4. The maximum Gasteiger partial charge on any atom is 0.412 e. The quantitative estimate of drug-likeness (QED) is 0.00479. The number of rotatable bonds is 30. The van der Waals surface area contributed by atoms with Crippen molar-refractivity contribution in [3.63, 3.8) is 0 Å². The Kier molecular flexibility index (Phi) is 28.0. The van der Waals surface area contributed by atoms with Gasteiger partial charge in [-0.3, -0.25) is 34.5 Å². The number of alkyl carbamates (subject to hydrolysis) is 1. The molecule has 518 valence electrons. The highest BCUT2D eigenvalue weighted by Gasteiger charge is 2.40. The van der Waals surface area contributed by atoms with Crippen LogP contribution in [0.25, 0.3) is 64.6 Å². The largest absolute Gasteiger partial charge is 0.744 e. The molecule has 0 aromatic heterocycles. The highest BCUT2D eigenvalue weighted by atomic mass is 32.2. The molecule has 0 spiro atoms. The van der Waals surface area contributed by atoms with Gasteiger partial charge < -0.3 is 80.2 Å². The van der Waals surface area contributed by atoms with Crippen molar-refractivity contribution in [3.05, 3.63) is 98.1 Å². The maximum absolute atomic E-state index is 12.7. The summed E-state index contributed by atoms with van der Waals surface area (Å²) in [6, 6.07) is 16.8. The average Bonchev–Trinajstić information content (AvgIpc) is 0.944. The number of hydrogen-bond donors (Lipinski definition) is 4. The zero-order valence-electron chi connectivity index (χ0n) is 48.7. The van der Waals surface area contributed by atoms with Crippen LogP contribution in [0.15, 0.2) is 127 Å². The zero-order valence-corrected chi connectivity index (χ0v) is 53.6. The lowest BCUT2D eigenvalue weighted by Crippen LogP contribution is -2.36. The lowest BCUT2D eigenvalue weighted by molar-refractivity contribution is -0.777. The van der Waals surface area contributed by atoms with Crippen molar-refractivity contribution in [2.24, 2.45) is 11.7 Å². The van der Waals surface area contributed by atoms with E-state index < -0.39 is 83.7 Å². The number of carbonyl (C=O) groups excluding carboxylic acids is 8. The fourth-order valence-corrected chi connectivity index (χ4v) is 13.0. The third kappa shape index (κ3) is 19.5. The monoisotopic (exact) mass is 1460 g/mol. The molecule has 9 rings (SSSR count). The number of esters is 3. The smallest absolute Gasteiger partial charge is 0.412 e. The van der Waals surface area contributed by atoms with Crippen LogP contribution in [-0.2, 0) is 101 Å². The minimum Gasteiger partial charge on any atom is -0.744 e. The van der Waals surface area contributed by atoms with Gasteiger partial charge >= 0.3 is 36.2 Å².